The van der Waals surface area contributed by atoms with Crippen LogP contribution in [0.5, 0.6) is 0 Å². The van der Waals surface area contributed by atoms with Crippen molar-refractivity contribution in [3.63, 3.8) is 0 Å². The highest BCUT2D eigenvalue weighted by molar-refractivity contribution is 9.10. The van der Waals surface area contributed by atoms with E-state index in [4.69, 9.17) is 4.98 Å². The van der Waals surface area contributed by atoms with Gasteiger partial charge in [-0.05, 0) is 29.8 Å². The summed E-state index contributed by atoms with van der Waals surface area (Å²) < 4.78 is 1.08. The minimum absolute atomic E-state index is 0.948. The van der Waals surface area contributed by atoms with Gasteiger partial charge in [0.1, 0.15) is 0 Å². The van der Waals surface area contributed by atoms with Gasteiger partial charge in [-0.2, -0.15) is 0 Å². The Morgan fingerprint density at radius 1 is 0.680 bits per heavy atom. The van der Waals surface area contributed by atoms with Crippen LogP contribution in [0.3, 0.4) is 0 Å². The van der Waals surface area contributed by atoms with Crippen molar-refractivity contribution < 1.29 is 0 Å². The van der Waals surface area contributed by atoms with Gasteiger partial charge in [-0.3, -0.25) is 4.98 Å². The molecule has 5 aromatic rings. The SMILES string of the molecule is Brc1ccc(-c2c3ccccc3nc3c2ccc2cccnc23)cc1. The van der Waals surface area contributed by atoms with E-state index in [1.54, 1.807) is 0 Å². The smallest absolute Gasteiger partial charge is 0.0978 e. The van der Waals surface area contributed by atoms with E-state index in [9.17, 15) is 0 Å². The number of aromatic nitrogens is 2. The molecule has 0 radical (unpaired) electrons. The van der Waals surface area contributed by atoms with Gasteiger partial charge in [0, 0.05) is 32.4 Å². The van der Waals surface area contributed by atoms with Crippen LogP contribution in [0.15, 0.2) is 83.5 Å². The maximum absolute atomic E-state index is 4.94. The van der Waals surface area contributed by atoms with Gasteiger partial charge in [-0.1, -0.05) is 64.5 Å². The van der Waals surface area contributed by atoms with E-state index in [0.717, 1.165) is 37.2 Å². The number of rotatable bonds is 1. The van der Waals surface area contributed by atoms with Gasteiger partial charge < -0.3 is 0 Å². The van der Waals surface area contributed by atoms with Gasteiger partial charge in [-0.25, -0.2) is 4.98 Å². The molecule has 0 atom stereocenters. The fourth-order valence-electron chi connectivity index (χ4n) is 3.42. The van der Waals surface area contributed by atoms with Crippen molar-refractivity contribution in [2.24, 2.45) is 0 Å². The number of pyridine rings is 2. The van der Waals surface area contributed by atoms with Gasteiger partial charge in [-0.15, -0.1) is 0 Å². The Kier molecular flexibility index (Phi) is 3.28. The first-order valence-corrected chi connectivity index (χ1v) is 8.93. The van der Waals surface area contributed by atoms with Crippen molar-refractivity contribution in [2.75, 3.05) is 0 Å². The Bertz CT molecular complexity index is 1240. The lowest BCUT2D eigenvalue weighted by Gasteiger charge is -2.12. The van der Waals surface area contributed by atoms with E-state index < -0.39 is 0 Å². The van der Waals surface area contributed by atoms with Gasteiger partial charge in [0.2, 0.25) is 0 Å². The summed E-state index contributed by atoms with van der Waals surface area (Å²) in [4.78, 5) is 9.53. The molecule has 0 fully saturated rings. The molecule has 5 rings (SSSR count). The van der Waals surface area contributed by atoms with Crippen molar-refractivity contribution in [3.05, 3.63) is 83.5 Å². The molecular weight excluding hydrogens is 372 g/mol. The van der Waals surface area contributed by atoms with E-state index >= 15 is 0 Å². The summed E-state index contributed by atoms with van der Waals surface area (Å²) in [6.45, 7) is 0. The maximum atomic E-state index is 4.94. The third kappa shape index (κ3) is 2.31. The number of hydrogen-bond donors (Lipinski definition) is 0. The van der Waals surface area contributed by atoms with Gasteiger partial charge >= 0.3 is 0 Å². The Balaban J connectivity index is 2.01. The third-order valence-corrected chi connectivity index (χ3v) is 5.08. The van der Waals surface area contributed by atoms with Crippen LogP contribution in [-0.2, 0) is 0 Å². The standard InChI is InChI=1S/C22H13BrN2/c23-16-10-7-14(8-11-16)20-17-5-1-2-6-19(17)25-22-18(20)12-9-15-4-3-13-24-21(15)22/h1-13H. The second-order valence-electron chi connectivity index (χ2n) is 6.05. The molecule has 0 aliphatic heterocycles. The second kappa shape index (κ2) is 5.64. The average Bonchev–Trinajstić information content (AvgIpc) is 2.67. The predicted molar refractivity (Wildman–Crippen MR) is 108 cm³/mol. The highest BCUT2D eigenvalue weighted by atomic mass is 79.9. The van der Waals surface area contributed by atoms with Crippen LogP contribution in [0.25, 0.3) is 43.8 Å². The summed E-state index contributed by atoms with van der Waals surface area (Å²) in [6.07, 6.45) is 1.83. The molecule has 2 aromatic heterocycles. The second-order valence-corrected chi connectivity index (χ2v) is 6.96. The first-order chi connectivity index (χ1) is 12.3. The molecule has 3 aromatic carbocycles. The zero-order valence-corrected chi connectivity index (χ0v) is 14.9. The maximum Gasteiger partial charge on any atom is 0.0978 e. The first-order valence-electron chi connectivity index (χ1n) is 8.13. The zero-order chi connectivity index (χ0) is 16.8. The van der Waals surface area contributed by atoms with Crippen LogP contribution in [0.1, 0.15) is 0 Å². The van der Waals surface area contributed by atoms with Crippen LogP contribution >= 0.6 is 15.9 Å². The van der Waals surface area contributed by atoms with Crippen molar-refractivity contribution in [1.82, 2.24) is 9.97 Å². The Hall–Kier alpha value is -2.78. The minimum Gasteiger partial charge on any atom is -0.254 e. The van der Waals surface area contributed by atoms with Crippen LogP contribution in [-0.4, -0.2) is 9.97 Å². The number of hydrogen-bond acceptors (Lipinski definition) is 2. The third-order valence-electron chi connectivity index (χ3n) is 4.56. The quantitative estimate of drug-likeness (QED) is 0.248. The Morgan fingerprint density at radius 2 is 1.52 bits per heavy atom. The van der Waals surface area contributed by atoms with Gasteiger partial charge in [0.05, 0.1) is 16.6 Å². The molecule has 0 spiro atoms. The number of halogens is 1. The predicted octanol–water partition coefficient (Wildman–Crippen LogP) is 6.37. The van der Waals surface area contributed by atoms with Crippen molar-refractivity contribution >= 4 is 48.6 Å². The summed E-state index contributed by atoms with van der Waals surface area (Å²) in [6, 6.07) is 25.1. The van der Waals surface area contributed by atoms with Crippen LogP contribution in [0.2, 0.25) is 0 Å². The summed E-state index contributed by atoms with van der Waals surface area (Å²) in [5.74, 6) is 0. The van der Waals surface area contributed by atoms with Crippen LogP contribution < -0.4 is 0 Å². The monoisotopic (exact) mass is 384 g/mol. The Labute approximate surface area is 153 Å². The van der Waals surface area contributed by atoms with Crippen LogP contribution in [0, 0.1) is 0 Å². The molecule has 2 heterocycles. The van der Waals surface area contributed by atoms with E-state index in [1.807, 2.05) is 18.3 Å². The Morgan fingerprint density at radius 3 is 2.40 bits per heavy atom. The largest absolute Gasteiger partial charge is 0.254 e. The molecule has 0 aliphatic carbocycles. The van der Waals surface area contributed by atoms with Crippen molar-refractivity contribution in [1.29, 1.82) is 0 Å². The van der Waals surface area contributed by atoms with E-state index in [1.165, 1.54) is 11.1 Å². The fraction of sp³-hybridized carbons (Fsp3) is 0. The fourth-order valence-corrected chi connectivity index (χ4v) is 3.68. The summed E-state index contributed by atoms with van der Waals surface area (Å²) in [5.41, 5.74) is 5.28. The van der Waals surface area contributed by atoms with E-state index in [2.05, 4.69) is 81.6 Å². The normalized spacial score (nSPS) is 11.4. The highest BCUT2D eigenvalue weighted by Gasteiger charge is 2.13. The van der Waals surface area contributed by atoms with Crippen molar-refractivity contribution in [2.45, 2.75) is 0 Å². The summed E-state index contributed by atoms with van der Waals surface area (Å²) in [5, 5.41) is 3.40. The number of nitrogens with zero attached hydrogens (tertiary/aromatic N) is 2. The molecule has 0 aliphatic rings. The average molecular weight is 385 g/mol. The molecule has 0 saturated heterocycles. The molecule has 2 nitrogen and oxygen atoms in total. The lowest BCUT2D eigenvalue weighted by molar-refractivity contribution is 1.40. The van der Waals surface area contributed by atoms with Crippen molar-refractivity contribution in [3.8, 4) is 11.1 Å². The highest BCUT2D eigenvalue weighted by Crippen LogP contribution is 2.37. The van der Waals surface area contributed by atoms with Crippen LogP contribution in [0.4, 0.5) is 0 Å². The topological polar surface area (TPSA) is 25.8 Å². The molecule has 0 amide bonds. The zero-order valence-electron chi connectivity index (χ0n) is 13.3. The number of fused-ring (bicyclic) bond motifs is 4. The molecule has 3 heteroatoms. The number of benzene rings is 3. The molecule has 0 bridgehead atoms. The minimum atomic E-state index is 0.948. The molecule has 118 valence electrons. The lowest BCUT2D eigenvalue weighted by atomic mass is 9.95. The molecule has 0 saturated carbocycles. The summed E-state index contributed by atoms with van der Waals surface area (Å²) in [7, 11) is 0. The van der Waals surface area contributed by atoms with E-state index in [0.29, 0.717) is 0 Å². The van der Waals surface area contributed by atoms with Gasteiger partial charge in [0.15, 0.2) is 0 Å². The van der Waals surface area contributed by atoms with E-state index in [-0.39, 0.29) is 0 Å². The molecule has 25 heavy (non-hydrogen) atoms. The van der Waals surface area contributed by atoms with Gasteiger partial charge in [0.25, 0.3) is 0 Å². The molecule has 0 N–H and O–H groups in total. The first kappa shape index (κ1) is 14.6. The summed E-state index contributed by atoms with van der Waals surface area (Å²) >= 11 is 3.53. The molecular formula is C22H13BrN2. The number of para-hydroxylation sites is 1. The molecule has 0 unspecified atom stereocenters. The lowest BCUT2D eigenvalue weighted by Crippen LogP contribution is -1.91.